The van der Waals surface area contributed by atoms with E-state index in [0.29, 0.717) is 18.7 Å². The van der Waals surface area contributed by atoms with Crippen molar-refractivity contribution in [3.05, 3.63) is 65.2 Å². The van der Waals surface area contributed by atoms with Gasteiger partial charge in [0, 0.05) is 13.1 Å². The standard InChI is InChI=1S/C17H19F2NO2/c1-12-5-2-3-6-14(12)10-20-11-16(21)13-7-4-8-15(9-13)22-17(18)19/h2-9,16-17,20-21H,10-11H2,1H3. The van der Waals surface area contributed by atoms with E-state index in [1.807, 2.05) is 31.2 Å². The summed E-state index contributed by atoms with van der Waals surface area (Å²) < 4.78 is 28.7. The number of hydrogen-bond donors (Lipinski definition) is 2. The van der Waals surface area contributed by atoms with Crippen LogP contribution in [0.4, 0.5) is 8.78 Å². The van der Waals surface area contributed by atoms with Gasteiger partial charge in [0.25, 0.3) is 0 Å². The maximum absolute atomic E-state index is 12.2. The molecule has 0 aliphatic carbocycles. The molecule has 0 spiro atoms. The molecule has 2 aromatic carbocycles. The average molecular weight is 307 g/mol. The summed E-state index contributed by atoms with van der Waals surface area (Å²) in [6.07, 6.45) is -0.787. The predicted octanol–water partition coefficient (Wildman–Crippen LogP) is 3.42. The highest BCUT2D eigenvalue weighted by Crippen LogP contribution is 2.20. The second-order valence-electron chi connectivity index (χ2n) is 5.02. The van der Waals surface area contributed by atoms with Crippen LogP contribution in [-0.2, 0) is 6.54 Å². The molecule has 5 heteroatoms. The Kier molecular flexibility index (Phi) is 5.86. The van der Waals surface area contributed by atoms with Gasteiger partial charge in [0.05, 0.1) is 6.10 Å². The third-order valence-corrected chi connectivity index (χ3v) is 3.38. The fourth-order valence-electron chi connectivity index (χ4n) is 2.17. The second kappa shape index (κ2) is 7.87. The molecule has 0 aliphatic rings. The van der Waals surface area contributed by atoms with E-state index in [9.17, 15) is 13.9 Å². The van der Waals surface area contributed by atoms with Crippen molar-refractivity contribution in [1.82, 2.24) is 5.32 Å². The SMILES string of the molecule is Cc1ccccc1CNCC(O)c1cccc(OC(F)F)c1. The Morgan fingerprint density at radius 1 is 1.14 bits per heavy atom. The topological polar surface area (TPSA) is 41.5 Å². The highest BCUT2D eigenvalue weighted by Gasteiger charge is 2.10. The van der Waals surface area contributed by atoms with Gasteiger partial charge in [-0.15, -0.1) is 0 Å². The molecule has 3 nitrogen and oxygen atoms in total. The maximum Gasteiger partial charge on any atom is 0.387 e. The van der Waals surface area contributed by atoms with Crippen LogP contribution in [0.15, 0.2) is 48.5 Å². The fraction of sp³-hybridized carbons (Fsp3) is 0.294. The summed E-state index contributed by atoms with van der Waals surface area (Å²) in [5.41, 5.74) is 2.87. The smallest absolute Gasteiger partial charge is 0.387 e. The normalized spacial score (nSPS) is 12.4. The van der Waals surface area contributed by atoms with Crippen molar-refractivity contribution in [2.75, 3.05) is 6.54 Å². The fourth-order valence-corrected chi connectivity index (χ4v) is 2.17. The summed E-state index contributed by atoms with van der Waals surface area (Å²) in [4.78, 5) is 0. The van der Waals surface area contributed by atoms with E-state index < -0.39 is 12.7 Å². The first kappa shape index (κ1) is 16.4. The Morgan fingerprint density at radius 3 is 2.64 bits per heavy atom. The minimum atomic E-state index is -2.87. The van der Waals surface area contributed by atoms with Gasteiger partial charge in [-0.1, -0.05) is 36.4 Å². The molecule has 2 rings (SSSR count). The largest absolute Gasteiger partial charge is 0.435 e. The lowest BCUT2D eigenvalue weighted by Gasteiger charge is -2.14. The Hall–Kier alpha value is -1.98. The van der Waals surface area contributed by atoms with Crippen LogP contribution in [0.3, 0.4) is 0 Å². The average Bonchev–Trinajstić information content (AvgIpc) is 2.48. The van der Waals surface area contributed by atoms with Gasteiger partial charge in [0.15, 0.2) is 0 Å². The Balaban J connectivity index is 1.89. The zero-order chi connectivity index (χ0) is 15.9. The third kappa shape index (κ3) is 4.79. The summed E-state index contributed by atoms with van der Waals surface area (Å²) in [7, 11) is 0. The van der Waals surface area contributed by atoms with Crippen molar-refractivity contribution in [3.63, 3.8) is 0 Å². The van der Waals surface area contributed by atoms with Crippen molar-refractivity contribution in [2.24, 2.45) is 0 Å². The van der Waals surface area contributed by atoms with Crippen molar-refractivity contribution in [1.29, 1.82) is 0 Å². The number of alkyl halides is 2. The molecular formula is C17H19F2NO2. The number of ether oxygens (including phenoxy) is 1. The molecule has 118 valence electrons. The van der Waals surface area contributed by atoms with Gasteiger partial charge < -0.3 is 15.2 Å². The van der Waals surface area contributed by atoms with Crippen molar-refractivity contribution in [3.8, 4) is 5.75 Å². The van der Waals surface area contributed by atoms with Gasteiger partial charge in [-0.05, 0) is 35.7 Å². The van der Waals surface area contributed by atoms with E-state index in [4.69, 9.17) is 0 Å². The second-order valence-corrected chi connectivity index (χ2v) is 5.02. The molecule has 0 fully saturated rings. The van der Waals surface area contributed by atoms with Gasteiger partial charge in [-0.25, -0.2) is 0 Å². The molecule has 0 heterocycles. The first-order valence-corrected chi connectivity index (χ1v) is 7.04. The Bertz CT molecular complexity index is 605. The maximum atomic E-state index is 12.2. The molecule has 22 heavy (non-hydrogen) atoms. The minimum absolute atomic E-state index is 0.0467. The number of rotatable bonds is 7. The molecule has 2 aromatic rings. The molecule has 0 aliphatic heterocycles. The molecule has 2 N–H and O–H groups in total. The Morgan fingerprint density at radius 2 is 1.91 bits per heavy atom. The Labute approximate surface area is 128 Å². The summed E-state index contributed by atoms with van der Waals surface area (Å²) in [5.74, 6) is 0.0467. The summed E-state index contributed by atoms with van der Waals surface area (Å²) >= 11 is 0. The van der Waals surface area contributed by atoms with Crippen LogP contribution in [0.1, 0.15) is 22.8 Å². The zero-order valence-electron chi connectivity index (χ0n) is 12.3. The molecule has 0 radical (unpaired) electrons. The van der Waals surface area contributed by atoms with E-state index in [-0.39, 0.29) is 5.75 Å². The number of nitrogens with one attached hydrogen (secondary N) is 1. The van der Waals surface area contributed by atoms with Crippen molar-refractivity contribution in [2.45, 2.75) is 26.2 Å². The minimum Gasteiger partial charge on any atom is -0.435 e. The van der Waals surface area contributed by atoms with E-state index >= 15 is 0 Å². The molecule has 0 amide bonds. The number of benzene rings is 2. The summed E-state index contributed by atoms with van der Waals surface area (Å²) in [5, 5.41) is 13.3. The summed E-state index contributed by atoms with van der Waals surface area (Å²) in [6, 6.07) is 14.1. The van der Waals surface area contributed by atoms with E-state index in [2.05, 4.69) is 10.1 Å². The van der Waals surface area contributed by atoms with Gasteiger partial charge in [-0.2, -0.15) is 8.78 Å². The van der Waals surface area contributed by atoms with Gasteiger partial charge in [0.1, 0.15) is 5.75 Å². The van der Waals surface area contributed by atoms with Crippen LogP contribution < -0.4 is 10.1 Å². The van der Waals surface area contributed by atoms with Gasteiger partial charge >= 0.3 is 6.61 Å². The van der Waals surface area contributed by atoms with Crippen LogP contribution in [0.5, 0.6) is 5.75 Å². The third-order valence-electron chi connectivity index (χ3n) is 3.38. The molecule has 1 unspecified atom stereocenters. The van der Waals surface area contributed by atoms with E-state index in [1.54, 1.807) is 12.1 Å². The monoisotopic (exact) mass is 307 g/mol. The van der Waals surface area contributed by atoms with Crippen LogP contribution in [0.2, 0.25) is 0 Å². The quantitative estimate of drug-likeness (QED) is 0.823. The highest BCUT2D eigenvalue weighted by atomic mass is 19.3. The van der Waals surface area contributed by atoms with Crippen molar-refractivity contribution < 1.29 is 18.6 Å². The summed E-state index contributed by atoms with van der Waals surface area (Å²) in [6.45, 7) is 0.119. The zero-order valence-corrected chi connectivity index (χ0v) is 12.3. The van der Waals surface area contributed by atoms with Crippen LogP contribution in [0.25, 0.3) is 0 Å². The van der Waals surface area contributed by atoms with Crippen LogP contribution in [0, 0.1) is 6.92 Å². The van der Waals surface area contributed by atoms with Gasteiger partial charge in [-0.3, -0.25) is 0 Å². The number of aryl methyl sites for hydroxylation is 1. The molecule has 0 aromatic heterocycles. The van der Waals surface area contributed by atoms with Crippen molar-refractivity contribution >= 4 is 0 Å². The molecule has 0 bridgehead atoms. The van der Waals surface area contributed by atoms with Gasteiger partial charge in [0.2, 0.25) is 0 Å². The van der Waals surface area contributed by atoms with Crippen LogP contribution >= 0.6 is 0 Å². The highest BCUT2D eigenvalue weighted by molar-refractivity contribution is 5.30. The molecule has 0 saturated heterocycles. The number of hydrogen-bond acceptors (Lipinski definition) is 3. The molecule has 0 saturated carbocycles. The lowest BCUT2D eigenvalue weighted by atomic mass is 10.1. The first-order valence-electron chi connectivity index (χ1n) is 7.04. The molecule has 1 atom stereocenters. The number of halogens is 2. The molecular weight excluding hydrogens is 288 g/mol. The number of aliphatic hydroxyl groups is 1. The predicted molar refractivity (Wildman–Crippen MR) is 80.9 cm³/mol. The lowest BCUT2D eigenvalue weighted by Crippen LogP contribution is -2.21. The van der Waals surface area contributed by atoms with Crippen LogP contribution in [-0.4, -0.2) is 18.3 Å². The van der Waals surface area contributed by atoms with E-state index in [1.165, 1.54) is 17.7 Å². The lowest BCUT2D eigenvalue weighted by molar-refractivity contribution is -0.0499. The first-order chi connectivity index (χ1) is 10.6. The van der Waals surface area contributed by atoms with E-state index in [0.717, 1.165) is 5.56 Å². The number of aliphatic hydroxyl groups excluding tert-OH is 1.